The molecule has 1 N–H and O–H groups in total. The van der Waals surface area contributed by atoms with E-state index in [1.165, 1.54) is 0 Å². The van der Waals surface area contributed by atoms with Crippen molar-refractivity contribution in [2.24, 2.45) is 0 Å². The molecule has 0 radical (unpaired) electrons. The SMILES string of the molecule is CC(C)n1cc(Br)cc1C(=O)N1CCN[C@@H](C)C1. The fourth-order valence-electron chi connectivity index (χ4n) is 2.32. The summed E-state index contributed by atoms with van der Waals surface area (Å²) in [5.41, 5.74) is 0.769. The topological polar surface area (TPSA) is 37.3 Å². The van der Waals surface area contributed by atoms with Crippen LogP contribution in [-0.4, -0.2) is 41.1 Å². The second-order valence-corrected chi connectivity index (χ2v) is 6.07. The largest absolute Gasteiger partial charge is 0.340 e. The molecule has 0 saturated carbocycles. The predicted octanol–water partition coefficient (Wildman–Crippen LogP) is 2.27. The van der Waals surface area contributed by atoms with Crippen LogP contribution in [0.1, 0.15) is 37.3 Å². The van der Waals surface area contributed by atoms with Gasteiger partial charge in [0, 0.05) is 42.4 Å². The Balaban J connectivity index is 2.22. The Labute approximate surface area is 116 Å². The predicted molar refractivity (Wildman–Crippen MR) is 75.9 cm³/mol. The summed E-state index contributed by atoms with van der Waals surface area (Å²) in [7, 11) is 0. The first kappa shape index (κ1) is 13.6. The van der Waals surface area contributed by atoms with E-state index in [1.54, 1.807) is 0 Å². The molecular weight excluding hydrogens is 294 g/mol. The fraction of sp³-hybridized carbons (Fsp3) is 0.615. The average molecular weight is 314 g/mol. The van der Waals surface area contributed by atoms with E-state index in [4.69, 9.17) is 0 Å². The second kappa shape index (κ2) is 5.45. The minimum atomic E-state index is 0.128. The van der Waals surface area contributed by atoms with Gasteiger partial charge in [-0.3, -0.25) is 4.79 Å². The van der Waals surface area contributed by atoms with Gasteiger partial charge in [-0.25, -0.2) is 0 Å². The van der Waals surface area contributed by atoms with Gasteiger partial charge in [0.25, 0.3) is 5.91 Å². The van der Waals surface area contributed by atoms with Gasteiger partial charge >= 0.3 is 0 Å². The summed E-state index contributed by atoms with van der Waals surface area (Å²) in [6.45, 7) is 8.71. The highest BCUT2D eigenvalue weighted by Crippen LogP contribution is 2.21. The third kappa shape index (κ3) is 2.78. The zero-order valence-corrected chi connectivity index (χ0v) is 12.7. The van der Waals surface area contributed by atoms with Crippen LogP contribution >= 0.6 is 15.9 Å². The number of carbonyl (C=O) groups excluding carboxylic acids is 1. The number of carbonyl (C=O) groups is 1. The van der Waals surface area contributed by atoms with E-state index in [9.17, 15) is 4.79 Å². The Hall–Kier alpha value is -0.810. The summed E-state index contributed by atoms with van der Waals surface area (Å²) in [6, 6.07) is 2.57. The van der Waals surface area contributed by atoms with Crippen LogP contribution in [-0.2, 0) is 0 Å². The molecule has 0 spiro atoms. The van der Waals surface area contributed by atoms with Crippen LogP contribution < -0.4 is 5.32 Å². The maximum Gasteiger partial charge on any atom is 0.270 e. The Morgan fingerprint density at radius 3 is 2.89 bits per heavy atom. The van der Waals surface area contributed by atoms with Gasteiger partial charge in [0.1, 0.15) is 5.69 Å². The van der Waals surface area contributed by atoms with Gasteiger partial charge in [-0.15, -0.1) is 0 Å². The van der Waals surface area contributed by atoms with Crippen LogP contribution in [0.3, 0.4) is 0 Å². The number of rotatable bonds is 2. The lowest BCUT2D eigenvalue weighted by atomic mass is 10.2. The summed E-state index contributed by atoms with van der Waals surface area (Å²) < 4.78 is 2.99. The van der Waals surface area contributed by atoms with E-state index in [0.29, 0.717) is 6.04 Å². The number of nitrogens with zero attached hydrogens (tertiary/aromatic N) is 2. The summed E-state index contributed by atoms with van der Waals surface area (Å²) in [6.07, 6.45) is 1.98. The molecule has 18 heavy (non-hydrogen) atoms. The maximum absolute atomic E-state index is 12.5. The lowest BCUT2D eigenvalue weighted by Crippen LogP contribution is -2.51. The number of piperazine rings is 1. The van der Waals surface area contributed by atoms with E-state index in [1.807, 2.05) is 21.7 Å². The van der Waals surface area contributed by atoms with E-state index in [-0.39, 0.29) is 11.9 Å². The van der Waals surface area contributed by atoms with Crippen molar-refractivity contribution in [3.63, 3.8) is 0 Å². The number of nitrogens with one attached hydrogen (secondary N) is 1. The molecule has 4 nitrogen and oxygen atoms in total. The number of aromatic nitrogens is 1. The molecule has 2 heterocycles. The zero-order valence-electron chi connectivity index (χ0n) is 11.1. The molecule has 1 atom stereocenters. The van der Waals surface area contributed by atoms with Crippen molar-refractivity contribution in [2.45, 2.75) is 32.9 Å². The third-order valence-corrected chi connectivity index (χ3v) is 3.68. The van der Waals surface area contributed by atoms with Crippen molar-refractivity contribution in [2.75, 3.05) is 19.6 Å². The van der Waals surface area contributed by atoms with Crippen molar-refractivity contribution in [3.8, 4) is 0 Å². The van der Waals surface area contributed by atoms with E-state index in [2.05, 4.69) is 42.0 Å². The highest BCUT2D eigenvalue weighted by molar-refractivity contribution is 9.10. The zero-order chi connectivity index (χ0) is 13.3. The molecule has 0 bridgehead atoms. The van der Waals surface area contributed by atoms with Gasteiger partial charge in [-0.05, 0) is 42.8 Å². The fourth-order valence-corrected chi connectivity index (χ4v) is 2.76. The van der Waals surface area contributed by atoms with Crippen LogP contribution in [0.5, 0.6) is 0 Å². The molecule has 1 fully saturated rings. The molecule has 1 amide bonds. The molecule has 0 aliphatic carbocycles. The highest BCUT2D eigenvalue weighted by atomic mass is 79.9. The van der Waals surface area contributed by atoms with Gasteiger partial charge in [0.2, 0.25) is 0 Å². The Morgan fingerprint density at radius 2 is 2.28 bits per heavy atom. The van der Waals surface area contributed by atoms with Gasteiger partial charge in [0.05, 0.1) is 0 Å². The number of amides is 1. The van der Waals surface area contributed by atoms with Crippen LogP contribution in [0, 0.1) is 0 Å². The average Bonchev–Trinajstić information content (AvgIpc) is 2.70. The summed E-state index contributed by atoms with van der Waals surface area (Å²) in [5, 5.41) is 3.35. The van der Waals surface area contributed by atoms with Crippen LogP contribution in [0.15, 0.2) is 16.7 Å². The molecule has 1 aromatic rings. The second-order valence-electron chi connectivity index (χ2n) is 5.15. The lowest BCUT2D eigenvalue weighted by molar-refractivity contribution is 0.0696. The van der Waals surface area contributed by atoms with Gasteiger partial charge in [-0.1, -0.05) is 0 Å². The lowest BCUT2D eigenvalue weighted by Gasteiger charge is -2.32. The number of halogens is 1. The molecule has 1 aromatic heterocycles. The monoisotopic (exact) mass is 313 g/mol. The molecule has 0 unspecified atom stereocenters. The molecule has 2 rings (SSSR count). The smallest absolute Gasteiger partial charge is 0.270 e. The van der Waals surface area contributed by atoms with Crippen molar-refractivity contribution < 1.29 is 4.79 Å². The molecule has 0 aromatic carbocycles. The van der Waals surface area contributed by atoms with Gasteiger partial charge in [-0.2, -0.15) is 0 Å². The standard InChI is InChI=1S/C13H20BrN3O/c1-9(2)17-8-11(14)6-12(17)13(18)16-5-4-15-10(3)7-16/h6,8-10,15H,4-5,7H2,1-3H3/t10-/m0/s1. The Morgan fingerprint density at radius 1 is 1.56 bits per heavy atom. The summed E-state index contributed by atoms with van der Waals surface area (Å²) in [4.78, 5) is 14.5. The quantitative estimate of drug-likeness (QED) is 0.909. The normalized spacial score (nSPS) is 20.5. The number of hydrogen-bond acceptors (Lipinski definition) is 2. The first-order valence-corrected chi connectivity index (χ1v) is 7.18. The minimum absolute atomic E-state index is 0.128. The molecule has 1 saturated heterocycles. The summed E-state index contributed by atoms with van der Waals surface area (Å²) >= 11 is 3.45. The third-order valence-electron chi connectivity index (χ3n) is 3.25. The molecule has 5 heteroatoms. The van der Waals surface area contributed by atoms with Gasteiger partial charge in [0.15, 0.2) is 0 Å². The highest BCUT2D eigenvalue weighted by Gasteiger charge is 2.24. The summed E-state index contributed by atoms with van der Waals surface area (Å²) in [5.74, 6) is 0.128. The van der Waals surface area contributed by atoms with Crippen LogP contribution in [0.4, 0.5) is 0 Å². The minimum Gasteiger partial charge on any atom is -0.340 e. The van der Waals surface area contributed by atoms with E-state index < -0.39 is 0 Å². The van der Waals surface area contributed by atoms with Crippen molar-refractivity contribution >= 4 is 21.8 Å². The number of hydrogen-bond donors (Lipinski definition) is 1. The first-order valence-electron chi connectivity index (χ1n) is 6.39. The Bertz CT molecular complexity index is 441. The molecular formula is C13H20BrN3O. The van der Waals surface area contributed by atoms with Gasteiger partial charge < -0.3 is 14.8 Å². The molecule has 1 aliphatic heterocycles. The Kier molecular flexibility index (Phi) is 4.12. The van der Waals surface area contributed by atoms with Crippen LogP contribution in [0.2, 0.25) is 0 Å². The van der Waals surface area contributed by atoms with Crippen molar-refractivity contribution in [3.05, 3.63) is 22.4 Å². The van der Waals surface area contributed by atoms with E-state index in [0.717, 1.165) is 29.8 Å². The van der Waals surface area contributed by atoms with E-state index >= 15 is 0 Å². The van der Waals surface area contributed by atoms with Crippen molar-refractivity contribution in [1.29, 1.82) is 0 Å². The maximum atomic E-state index is 12.5. The molecule has 100 valence electrons. The van der Waals surface area contributed by atoms with Crippen LogP contribution in [0.25, 0.3) is 0 Å². The van der Waals surface area contributed by atoms with Crippen molar-refractivity contribution in [1.82, 2.24) is 14.8 Å². The first-order chi connectivity index (χ1) is 8.49. The molecule has 1 aliphatic rings.